The maximum atomic E-state index is 14.6. The summed E-state index contributed by atoms with van der Waals surface area (Å²) in [6.45, 7) is 5.91. The quantitative estimate of drug-likeness (QED) is 0.160. The van der Waals surface area contributed by atoms with E-state index in [1.54, 1.807) is 36.4 Å². The van der Waals surface area contributed by atoms with E-state index in [0.717, 1.165) is 33.1 Å². The molecule has 0 fully saturated rings. The lowest BCUT2D eigenvalue weighted by Gasteiger charge is -2.34. The average molecular weight is 691 g/mol. The number of amides is 2. The van der Waals surface area contributed by atoms with Gasteiger partial charge in [0.05, 0.1) is 10.6 Å². The van der Waals surface area contributed by atoms with E-state index >= 15 is 0 Å². The van der Waals surface area contributed by atoms with Gasteiger partial charge in [0.2, 0.25) is 11.8 Å². The first-order valence-electron chi connectivity index (χ1n) is 15.2. The fourth-order valence-electron chi connectivity index (χ4n) is 5.11. The van der Waals surface area contributed by atoms with Gasteiger partial charge in [0.25, 0.3) is 10.0 Å². The van der Waals surface area contributed by atoms with Gasteiger partial charge in [-0.15, -0.1) is 0 Å². The number of benzene rings is 4. The third-order valence-electron chi connectivity index (χ3n) is 7.62. The third-order valence-corrected chi connectivity index (χ3v) is 9.92. The molecule has 4 aromatic carbocycles. The molecule has 0 aliphatic heterocycles. The molecule has 0 saturated heterocycles. The van der Waals surface area contributed by atoms with E-state index in [2.05, 4.69) is 21.2 Å². The highest BCUT2D eigenvalue weighted by Crippen LogP contribution is 2.29. The van der Waals surface area contributed by atoms with Crippen LogP contribution in [-0.4, -0.2) is 44.3 Å². The number of hydrogen-bond donors (Lipinski definition) is 1. The van der Waals surface area contributed by atoms with Gasteiger partial charge in [-0.05, 0) is 66.8 Å². The van der Waals surface area contributed by atoms with E-state index in [-0.39, 0.29) is 23.8 Å². The molecule has 2 amide bonds. The van der Waals surface area contributed by atoms with Crippen molar-refractivity contribution in [2.24, 2.45) is 0 Å². The Morgan fingerprint density at radius 1 is 0.822 bits per heavy atom. The van der Waals surface area contributed by atoms with Crippen LogP contribution in [0.4, 0.5) is 5.69 Å². The molecule has 0 saturated carbocycles. The number of aryl methyl sites for hydroxylation is 2. The highest BCUT2D eigenvalue weighted by Gasteiger charge is 2.35. The summed E-state index contributed by atoms with van der Waals surface area (Å²) in [6, 6.07) is 30.0. The molecule has 0 heterocycles. The molecule has 0 spiro atoms. The van der Waals surface area contributed by atoms with Crippen LogP contribution in [0.25, 0.3) is 0 Å². The number of carbonyl (C=O) groups is 2. The molecule has 0 radical (unpaired) electrons. The van der Waals surface area contributed by atoms with Crippen LogP contribution in [0, 0.1) is 6.92 Å². The van der Waals surface area contributed by atoms with Crippen molar-refractivity contribution in [1.29, 1.82) is 0 Å². The van der Waals surface area contributed by atoms with Crippen LogP contribution in [0.5, 0.6) is 0 Å². The Labute approximate surface area is 275 Å². The van der Waals surface area contributed by atoms with E-state index in [9.17, 15) is 18.0 Å². The van der Waals surface area contributed by atoms with Gasteiger partial charge in [-0.1, -0.05) is 108 Å². The van der Waals surface area contributed by atoms with E-state index in [0.29, 0.717) is 18.7 Å². The molecular weight excluding hydrogens is 650 g/mol. The summed E-state index contributed by atoms with van der Waals surface area (Å²) in [5, 5.41) is 2.98. The number of nitrogens with one attached hydrogen (secondary N) is 1. The number of carbonyl (C=O) groups excluding carboxylic acids is 2. The van der Waals surface area contributed by atoms with Gasteiger partial charge in [0, 0.05) is 24.0 Å². The van der Waals surface area contributed by atoms with Crippen molar-refractivity contribution >= 4 is 43.5 Å². The zero-order valence-corrected chi connectivity index (χ0v) is 28.4. The van der Waals surface area contributed by atoms with Crippen LogP contribution in [0.1, 0.15) is 42.5 Å². The molecule has 7 nitrogen and oxygen atoms in total. The lowest BCUT2D eigenvalue weighted by Crippen LogP contribution is -2.53. The minimum atomic E-state index is -4.15. The van der Waals surface area contributed by atoms with E-state index in [1.807, 2.05) is 87.5 Å². The highest BCUT2D eigenvalue weighted by molar-refractivity contribution is 9.10. The van der Waals surface area contributed by atoms with Crippen LogP contribution in [0.2, 0.25) is 0 Å². The Morgan fingerprint density at radius 2 is 1.47 bits per heavy atom. The minimum absolute atomic E-state index is 0.0905. The second-order valence-corrected chi connectivity index (χ2v) is 13.7. The molecule has 236 valence electrons. The molecular formula is C36H40BrN3O4S. The number of para-hydroxylation sites is 1. The van der Waals surface area contributed by atoms with E-state index < -0.39 is 28.5 Å². The standard InChI is InChI=1S/C36H40BrN3O4S/c1-4-23-38-36(42)34(24-28-11-7-6-8-12-28)39(25-29-17-19-31(37)20-18-29)35(41)26-40(33-14-10-9-13-30(33)5-2)45(43,44)32-21-15-27(3)16-22-32/h6-22,34H,4-5,23-26H2,1-3H3,(H,38,42). The van der Waals surface area contributed by atoms with Crippen LogP contribution in [-0.2, 0) is 39.0 Å². The Kier molecular flexibility index (Phi) is 12.0. The van der Waals surface area contributed by atoms with Crippen LogP contribution in [0.3, 0.4) is 0 Å². The maximum absolute atomic E-state index is 14.6. The van der Waals surface area contributed by atoms with Gasteiger partial charge < -0.3 is 10.2 Å². The van der Waals surface area contributed by atoms with Gasteiger partial charge in [0.1, 0.15) is 12.6 Å². The molecule has 0 aliphatic carbocycles. The molecule has 1 unspecified atom stereocenters. The van der Waals surface area contributed by atoms with Crippen molar-refractivity contribution < 1.29 is 18.0 Å². The summed E-state index contributed by atoms with van der Waals surface area (Å²) in [6.07, 6.45) is 1.58. The Hall–Kier alpha value is -3.95. The molecule has 4 rings (SSSR count). The zero-order chi connectivity index (χ0) is 32.4. The van der Waals surface area contributed by atoms with Crippen LogP contribution >= 0.6 is 15.9 Å². The largest absolute Gasteiger partial charge is 0.354 e. The van der Waals surface area contributed by atoms with Gasteiger partial charge in [0.15, 0.2) is 0 Å². The number of rotatable bonds is 14. The topological polar surface area (TPSA) is 86.8 Å². The predicted octanol–water partition coefficient (Wildman–Crippen LogP) is 6.68. The summed E-state index contributed by atoms with van der Waals surface area (Å²) < 4.78 is 30.6. The van der Waals surface area contributed by atoms with Crippen molar-refractivity contribution in [2.45, 2.75) is 57.5 Å². The molecule has 9 heteroatoms. The first kappa shape index (κ1) is 33.9. The lowest BCUT2D eigenvalue weighted by molar-refractivity contribution is -0.140. The SMILES string of the molecule is CCCNC(=O)C(Cc1ccccc1)N(Cc1ccc(Br)cc1)C(=O)CN(c1ccccc1CC)S(=O)(=O)c1ccc(C)cc1. The van der Waals surface area contributed by atoms with Crippen LogP contribution < -0.4 is 9.62 Å². The second kappa shape index (κ2) is 15.9. The van der Waals surface area contributed by atoms with Crippen molar-refractivity contribution in [2.75, 3.05) is 17.4 Å². The molecule has 45 heavy (non-hydrogen) atoms. The summed E-state index contributed by atoms with van der Waals surface area (Å²) >= 11 is 3.47. The molecule has 0 aromatic heterocycles. The monoisotopic (exact) mass is 689 g/mol. The Morgan fingerprint density at radius 3 is 2.11 bits per heavy atom. The predicted molar refractivity (Wildman–Crippen MR) is 183 cm³/mol. The van der Waals surface area contributed by atoms with Gasteiger partial charge in [-0.2, -0.15) is 0 Å². The van der Waals surface area contributed by atoms with Crippen LogP contribution in [0.15, 0.2) is 112 Å². The maximum Gasteiger partial charge on any atom is 0.264 e. The molecule has 4 aromatic rings. The summed E-state index contributed by atoms with van der Waals surface area (Å²) in [7, 11) is -4.15. The lowest BCUT2D eigenvalue weighted by atomic mass is 10.0. The fourth-order valence-corrected chi connectivity index (χ4v) is 6.83. The fraction of sp³-hybridized carbons (Fsp3) is 0.278. The van der Waals surface area contributed by atoms with Crippen molar-refractivity contribution in [3.8, 4) is 0 Å². The van der Waals surface area contributed by atoms with Crippen molar-refractivity contribution in [1.82, 2.24) is 10.2 Å². The molecule has 0 aliphatic rings. The van der Waals surface area contributed by atoms with Gasteiger partial charge >= 0.3 is 0 Å². The highest BCUT2D eigenvalue weighted by atomic mass is 79.9. The molecule has 0 bridgehead atoms. The number of hydrogen-bond acceptors (Lipinski definition) is 4. The summed E-state index contributed by atoms with van der Waals surface area (Å²) in [4.78, 5) is 29.9. The number of sulfonamides is 1. The first-order valence-corrected chi connectivity index (χ1v) is 17.4. The Bertz CT molecular complexity index is 1680. The molecule has 1 N–H and O–H groups in total. The second-order valence-electron chi connectivity index (χ2n) is 11.0. The number of halogens is 1. The summed E-state index contributed by atoms with van der Waals surface area (Å²) in [5.74, 6) is -0.764. The molecule has 1 atom stereocenters. The van der Waals surface area contributed by atoms with Gasteiger partial charge in [-0.3, -0.25) is 13.9 Å². The first-order chi connectivity index (χ1) is 21.6. The van der Waals surface area contributed by atoms with Gasteiger partial charge in [-0.25, -0.2) is 8.42 Å². The zero-order valence-electron chi connectivity index (χ0n) is 25.9. The van der Waals surface area contributed by atoms with E-state index in [4.69, 9.17) is 0 Å². The van der Waals surface area contributed by atoms with Crippen molar-refractivity contribution in [3.63, 3.8) is 0 Å². The van der Waals surface area contributed by atoms with Crippen molar-refractivity contribution in [3.05, 3.63) is 130 Å². The number of anilines is 1. The Balaban J connectivity index is 1.82. The smallest absolute Gasteiger partial charge is 0.264 e. The van der Waals surface area contributed by atoms with E-state index in [1.165, 1.54) is 9.21 Å². The third kappa shape index (κ3) is 8.83. The summed E-state index contributed by atoms with van der Waals surface area (Å²) in [5.41, 5.74) is 3.86. The average Bonchev–Trinajstić information content (AvgIpc) is 3.05. The number of nitrogens with zero attached hydrogens (tertiary/aromatic N) is 2. The normalized spacial score (nSPS) is 11.9. The minimum Gasteiger partial charge on any atom is -0.354 e.